The largest absolute Gasteiger partial charge is 0.465 e. The molecule has 1 aromatic heterocycles. The highest BCUT2D eigenvalue weighted by Gasteiger charge is 2.34. The number of β-amino-alcohol motifs (C(OH)–C–C–N with tert-alkyl or cyclic N) is 1. The molecule has 116 valence electrons. The molecule has 0 bridgehead atoms. The van der Waals surface area contributed by atoms with Crippen LogP contribution >= 0.6 is 15.9 Å². The summed E-state index contributed by atoms with van der Waals surface area (Å²) in [5, 5.41) is 22.1. The Kier molecular flexibility index (Phi) is 5.00. The predicted octanol–water partition coefficient (Wildman–Crippen LogP) is 1.50. The number of aryl methyl sites for hydroxylation is 2. The van der Waals surface area contributed by atoms with Crippen LogP contribution in [-0.4, -0.2) is 56.4 Å². The first kappa shape index (κ1) is 16.0. The molecule has 2 unspecified atom stereocenters. The summed E-state index contributed by atoms with van der Waals surface area (Å²) in [6.45, 7) is 4.31. The molecule has 1 amide bonds. The van der Waals surface area contributed by atoms with Crippen LogP contribution in [0.15, 0.2) is 4.60 Å². The number of carbonyl (C=O) groups is 1. The molecule has 21 heavy (non-hydrogen) atoms. The molecule has 1 saturated heterocycles. The summed E-state index contributed by atoms with van der Waals surface area (Å²) in [6.07, 6.45) is -0.337. The van der Waals surface area contributed by atoms with Crippen molar-refractivity contribution in [2.75, 3.05) is 18.4 Å². The minimum atomic E-state index is -1.02. The number of anilines is 1. The summed E-state index contributed by atoms with van der Waals surface area (Å²) in [5.74, 6) is 0.619. The summed E-state index contributed by atoms with van der Waals surface area (Å²) in [5.41, 5.74) is 1.62. The maximum atomic E-state index is 11.0. The zero-order valence-corrected chi connectivity index (χ0v) is 13.6. The Hall–Kier alpha value is -1.41. The van der Waals surface area contributed by atoms with Crippen LogP contribution in [0.5, 0.6) is 0 Å². The highest BCUT2D eigenvalue weighted by atomic mass is 79.9. The molecule has 3 N–H and O–H groups in total. The fourth-order valence-electron chi connectivity index (χ4n) is 2.33. The number of aliphatic hydroxyl groups is 1. The van der Waals surface area contributed by atoms with Crippen LogP contribution in [0.3, 0.4) is 0 Å². The van der Waals surface area contributed by atoms with Gasteiger partial charge in [-0.1, -0.05) is 13.8 Å². The second kappa shape index (κ2) is 6.57. The molecule has 0 saturated carbocycles. The number of carboxylic acid groups (broad SMARTS) is 1. The molecule has 0 radical (unpaired) electrons. The molecule has 2 heterocycles. The van der Waals surface area contributed by atoms with Crippen LogP contribution in [0.25, 0.3) is 0 Å². The summed E-state index contributed by atoms with van der Waals surface area (Å²) < 4.78 is 0.728. The minimum Gasteiger partial charge on any atom is -0.465 e. The molecule has 0 aromatic carbocycles. The SMILES string of the molecule is CCc1nc(NC2CN(C(=O)O)CC2O)c(CC)nc1Br. The van der Waals surface area contributed by atoms with Crippen molar-refractivity contribution in [2.45, 2.75) is 38.8 Å². The van der Waals surface area contributed by atoms with Gasteiger partial charge in [0.2, 0.25) is 0 Å². The number of amides is 1. The highest BCUT2D eigenvalue weighted by molar-refractivity contribution is 9.10. The Morgan fingerprint density at radius 2 is 2.00 bits per heavy atom. The topological polar surface area (TPSA) is 98.6 Å². The number of rotatable bonds is 4. The van der Waals surface area contributed by atoms with Crippen molar-refractivity contribution < 1.29 is 15.0 Å². The van der Waals surface area contributed by atoms with Crippen molar-refractivity contribution in [1.29, 1.82) is 0 Å². The van der Waals surface area contributed by atoms with Gasteiger partial charge in [-0.15, -0.1) is 0 Å². The first-order chi connectivity index (χ1) is 9.96. The van der Waals surface area contributed by atoms with E-state index in [1.807, 2.05) is 13.8 Å². The number of aliphatic hydroxyl groups excluding tert-OH is 1. The van der Waals surface area contributed by atoms with E-state index in [9.17, 15) is 9.90 Å². The van der Waals surface area contributed by atoms with Crippen molar-refractivity contribution in [2.24, 2.45) is 0 Å². The molecule has 8 heteroatoms. The number of hydrogen-bond acceptors (Lipinski definition) is 5. The average Bonchev–Trinajstić information content (AvgIpc) is 2.82. The molecular weight excluding hydrogens is 340 g/mol. The lowest BCUT2D eigenvalue weighted by atomic mass is 10.2. The predicted molar refractivity (Wildman–Crippen MR) is 81.5 cm³/mol. The van der Waals surface area contributed by atoms with Gasteiger partial charge in [-0.2, -0.15) is 0 Å². The first-order valence-electron chi connectivity index (χ1n) is 6.94. The van der Waals surface area contributed by atoms with Crippen LogP contribution < -0.4 is 5.32 Å². The highest BCUT2D eigenvalue weighted by Crippen LogP contribution is 2.22. The van der Waals surface area contributed by atoms with E-state index in [0.717, 1.165) is 22.4 Å². The Balaban J connectivity index is 2.21. The standard InChI is InChI=1S/C13H19BrN4O3/c1-3-7-11(14)15-8(4-2)12(16-7)17-9-5-18(13(20)21)6-10(9)19/h9-10,19H,3-6H2,1-2H3,(H,16,17)(H,20,21). The lowest BCUT2D eigenvalue weighted by Crippen LogP contribution is -2.33. The lowest BCUT2D eigenvalue weighted by molar-refractivity contribution is 0.139. The van der Waals surface area contributed by atoms with Crippen LogP contribution in [0.2, 0.25) is 0 Å². The van der Waals surface area contributed by atoms with Gasteiger partial charge in [0.1, 0.15) is 10.4 Å². The van der Waals surface area contributed by atoms with Gasteiger partial charge in [-0.3, -0.25) is 0 Å². The Morgan fingerprint density at radius 1 is 1.33 bits per heavy atom. The Labute approximate surface area is 131 Å². The molecule has 1 fully saturated rings. The lowest BCUT2D eigenvalue weighted by Gasteiger charge is -2.19. The number of likely N-dealkylation sites (tertiary alicyclic amines) is 1. The van der Waals surface area contributed by atoms with Crippen LogP contribution in [0.4, 0.5) is 10.6 Å². The maximum Gasteiger partial charge on any atom is 0.407 e. The van der Waals surface area contributed by atoms with Crippen molar-refractivity contribution in [3.8, 4) is 0 Å². The average molecular weight is 359 g/mol. The van der Waals surface area contributed by atoms with Gasteiger partial charge in [-0.05, 0) is 28.8 Å². The second-order valence-corrected chi connectivity index (χ2v) is 5.72. The fraction of sp³-hybridized carbons (Fsp3) is 0.615. The van der Waals surface area contributed by atoms with Gasteiger partial charge in [0.05, 0.1) is 30.1 Å². The zero-order valence-electron chi connectivity index (χ0n) is 12.0. The van der Waals surface area contributed by atoms with Gasteiger partial charge in [0.25, 0.3) is 0 Å². The number of aromatic nitrogens is 2. The van der Waals surface area contributed by atoms with E-state index in [2.05, 4.69) is 31.2 Å². The number of halogens is 1. The quantitative estimate of drug-likeness (QED) is 0.754. The molecule has 1 aliphatic rings. The zero-order chi connectivity index (χ0) is 15.6. The van der Waals surface area contributed by atoms with E-state index >= 15 is 0 Å². The molecule has 1 aliphatic heterocycles. The second-order valence-electron chi connectivity index (χ2n) is 4.97. The molecule has 7 nitrogen and oxygen atoms in total. The fourth-order valence-corrected chi connectivity index (χ4v) is 2.91. The van der Waals surface area contributed by atoms with Crippen molar-refractivity contribution >= 4 is 27.8 Å². The summed E-state index contributed by atoms with van der Waals surface area (Å²) in [4.78, 5) is 21.2. The third-order valence-corrected chi connectivity index (χ3v) is 4.18. The minimum absolute atomic E-state index is 0.110. The van der Waals surface area contributed by atoms with E-state index in [1.54, 1.807) is 0 Å². The van der Waals surface area contributed by atoms with Crippen LogP contribution in [-0.2, 0) is 12.8 Å². The third-order valence-electron chi connectivity index (χ3n) is 3.54. The van der Waals surface area contributed by atoms with Crippen molar-refractivity contribution in [1.82, 2.24) is 14.9 Å². The summed E-state index contributed by atoms with van der Waals surface area (Å²) >= 11 is 3.40. The molecular formula is C13H19BrN4O3. The van der Waals surface area contributed by atoms with Crippen molar-refractivity contribution in [3.05, 3.63) is 16.0 Å². The van der Waals surface area contributed by atoms with Crippen molar-refractivity contribution in [3.63, 3.8) is 0 Å². The summed E-state index contributed by atoms with van der Waals surface area (Å²) in [6, 6.07) is -0.369. The monoisotopic (exact) mass is 358 g/mol. The Morgan fingerprint density at radius 3 is 2.52 bits per heavy atom. The van der Waals surface area contributed by atoms with Crippen LogP contribution in [0.1, 0.15) is 25.2 Å². The number of hydrogen-bond donors (Lipinski definition) is 3. The molecule has 0 spiro atoms. The summed E-state index contributed by atoms with van der Waals surface area (Å²) in [7, 11) is 0. The third kappa shape index (κ3) is 3.44. The number of nitrogens with zero attached hydrogens (tertiary/aromatic N) is 3. The van der Waals surface area contributed by atoms with E-state index in [4.69, 9.17) is 5.11 Å². The molecule has 2 atom stereocenters. The van der Waals surface area contributed by atoms with Gasteiger partial charge in [0, 0.05) is 6.54 Å². The van der Waals surface area contributed by atoms with Gasteiger partial charge in [-0.25, -0.2) is 14.8 Å². The molecule has 1 aromatic rings. The van der Waals surface area contributed by atoms with E-state index in [0.29, 0.717) is 12.2 Å². The van der Waals surface area contributed by atoms with Gasteiger partial charge < -0.3 is 20.4 Å². The smallest absolute Gasteiger partial charge is 0.407 e. The molecule has 0 aliphatic carbocycles. The first-order valence-corrected chi connectivity index (χ1v) is 7.73. The van der Waals surface area contributed by atoms with Gasteiger partial charge >= 0.3 is 6.09 Å². The molecule has 2 rings (SSSR count). The number of nitrogens with one attached hydrogen (secondary N) is 1. The van der Waals surface area contributed by atoms with E-state index in [1.165, 1.54) is 4.90 Å². The van der Waals surface area contributed by atoms with E-state index < -0.39 is 12.2 Å². The van der Waals surface area contributed by atoms with Crippen LogP contribution in [0, 0.1) is 0 Å². The Bertz CT molecular complexity index is 540. The maximum absolute atomic E-state index is 11.0. The van der Waals surface area contributed by atoms with E-state index in [-0.39, 0.29) is 19.1 Å². The van der Waals surface area contributed by atoms with Gasteiger partial charge in [0.15, 0.2) is 0 Å². The normalized spacial score (nSPS) is 21.6.